The molecular weight excluding hydrogens is 725 g/mol. The largest absolute Gasteiger partial charge is 0.493 e. The molecule has 0 radical (unpaired) electrons. The van der Waals surface area contributed by atoms with E-state index in [1.807, 2.05) is 78.9 Å². The van der Waals surface area contributed by atoms with Crippen molar-refractivity contribution in [1.29, 1.82) is 0 Å². The number of nitrogens with zero attached hydrogens (tertiary/aromatic N) is 3. The Hall–Kier alpha value is -3.02. The summed E-state index contributed by atoms with van der Waals surface area (Å²) in [5.41, 5.74) is 2.93. The van der Waals surface area contributed by atoms with Crippen LogP contribution in [0.15, 0.2) is 104 Å². The summed E-state index contributed by atoms with van der Waals surface area (Å²) >= 11 is 9.26. The number of hydrogen-bond acceptors (Lipinski definition) is 5. The highest BCUT2D eigenvalue weighted by Gasteiger charge is 2.14. The van der Waals surface area contributed by atoms with Crippen LogP contribution < -0.4 is 15.0 Å². The Kier molecular flexibility index (Phi) is 8.25. The van der Waals surface area contributed by atoms with Gasteiger partial charge in [-0.2, -0.15) is 9.78 Å². The first kappa shape index (κ1) is 26.6. The van der Waals surface area contributed by atoms with E-state index in [1.165, 1.54) is 4.68 Å². The summed E-state index contributed by atoms with van der Waals surface area (Å²) in [6.45, 7) is 0.367. The number of aromatic nitrogens is 2. The van der Waals surface area contributed by atoms with Gasteiger partial charge in [0.25, 0.3) is 5.56 Å². The molecule has 38 heavy (non-hydrogen) atoms. The normalized spacial score (nSPS) is 11.3. The van der Waals surface area contributed by atoms with Crippen molar-refractivity contribution in [1.82, 2.24) is 9.66 Å². The zero-order valence-corrected chi connectivity index (χ0v) is 25.4. The van der Waals surface area contributed by atoms with E-state index in [0.29, 0.717) is 34.8 Å². The molecule has 0 spiro atoms. The van der Waals surface area contributed by atoms with Gasteiger partial charge in [-0.25, -0.2) is 4.98 Å². The maximum atomic E-state index is 13.4. The topological polar surface area (TPSA) is 65.7 Å². The van der Waals surface area contributed by atoms with Gasteiger partial charge in [-0.15, -0.1) is 0 Å². The highest BCUT2D eigenvalue weighted by molar-refractivity contribution is 14.1. The number of methoxy groups -OCH3 is 1. The molecule has 0 aliphatic heterocycles. The van der Waals surface area contributed by atoms with E-state index in [0.717, 1.165) is 29.2 Å². The van der Waals surface area contributed by atoms with Crippen LogP contribution in [0.2, 0.25) is 0 Å². The minimum Gasteiger partial charge on any atom is -0.493 e. The van der Waals surface area contributed by atoms with Gasteiger partial charge < -0.3 is 9.47 Å². The molecule has 4 aromatic carbocycles. The van der Waals surface area contributed by atoms with Crippen LogP contribution in [-0.4, -0.2) is 23.0 Å². The predicted molar refractivity (Wildman–Crippen MR) is 166 cm³/mol. The molecule has 0 saturated heterocycles. The van der Waals surface area contributed by atoms with Crippen molar-refractivity contribution in [2.45, 2.75) is 6.61 Å². The molecule has 0 unspecified atom stereocenters. The number of ether oxygens (including phenoxy) is 2. The second-order valence-electron chi connectivity index (χ2n) is 8.24. The summed E-state index contributed by atoms with van der Waals surface area (Å²) in [6.07, 6.45) is 1.63. The third-order valence-electron chi connectivity index (χ3n) is 5.75. The molecule has 0 N–H and O–H groups in total. The number of para-hydroxylation sites is 1. The fourth-order valence-corrected chi connectivity index (χ4v) is 5.81. The molecule has 1 aromatic heterocycles. The fraction of sp³-hybridized carbons (Fsp3) is 0.0690. The lowest BCUT2D eigenvalue weighted by Crippen LogP contribution is -2.20. The van der Waals surface area contributed by atoms with Gasteiger partial charge in [0.05, 0.1) is 27.8 Å². The summed E-state index contributed by atoms with van der Waals surface area (Å²) in [4.78, 5) is 18.2. The first-order chi connectivity index (χ1) is 18.4. The highest BCUT2D eigenvalue weighted by Crippen LogP contribution is 2.35. The molecule has 0 atom stereocenters. The highest BCUT2D eigenvalue weighted by atomic mass is 127. The average molecular weight is 745 g/mol. The first-order valence-corrected chi connectivity index (χ1v) is 14.2. The summed E-state index contributed by atoms with van der Waals surface area (Å²) in [5.74, 6) is 1.67. The molecule has 9 heteroatoms. The minimum atomic E-state index is -0.243. The molecule has 0 amide bonds. The molecule has 0 fully saturated rings. The van der Waals surface area contributed by atoms with Crippen LogP contribution in [0.4, 0.5) is 0 Å². The Morgan fingerprint density at radius 2 is 1.76 bits per heavy atom. The smallest absolute Gasteiger partial charge is 0.282 e. The molecular formula is C29H20Br2IN3O3. The summed E-state index contributed by atoms with van der Waals surface area (Å²) in [7, 11) is 1.60. The van der Waals surface area contributed by atoms with Crippen LogP contribution in [0.3, 0.4) is 0 Å². The Morgan fingerprint density at radius 1 is 1.00 bits per heavy atom. The van der Waals surface area contributed by atoms with Crippen molar-refractivity contribution in [3.8, 4) is 22.9 Å². The van der Waals surface area contributed by atoms with E-state index < -0.39 is 0 Å². The van der Waals surface area contributed by atoms with Crippen LogP contribution in [0.5, 0.6) is 11.5 Å². The van der Waals surface area contributed by atoms with E-state index in [-0.39, 0.29) is 5.56 Å². The van der Waals surface area contributed by atoms with Gasteiger partial charge in [-0.05, 0) is 64.6 Å². The van der Waals surface area contributed by atoms with Crippen LogP contribution in [-0.2, 0) is 6.61 Å². The van der Waals surface area contributed by atoms with Crippen molar-refractivity contribution in [3.63, 3.8) is 0 Å². The van der Waals surface area contributed by atoms with Gasteiger partial charge >= 0.3 is 0 Å². The van der Waals surface area contributed by atoms with Crippen molar-refractivity contribution in [2.24, 2.45) is 5.10 Å². The number of fused-ring (bicyclic) bond motifs is 1. The maximum absolute atomic E-state index is 13.4. The lowest BCUT2D eigenvalue weighted by atomic mass is 10.2. The quantitative estimate of drug-likeness (QED) is 0.127. The molecule has 1 heterocycles. The minimum absolute atomic E-state index is 0.243. The SMILES string of the molecule is COc1cc(C=Nn2c(-c3ccccc3)nc3ccccc3c2=O)cc(I)c1OCc1ccc(Br)cc1Br. The molecule has 0 aliphatic carbocycles. The molecule has 6 nitrogen and oxygen atoms in total. The second kappa shape index (κ2) is 11.8. The van der Waals surface area contributed by atoms with Crippen LogP contribution in [0.25, 0.3) is 22.3 Å². The van der Waals surface area contributed by atoms with Gasteiger partial charge in [0.2, 0.25) is 0 Å². The van der Waals surface area contributed by atoms with E-state index in [4.69, 9.17) is 14.5 Å². The van der Waals surface area contributed by atoms with Crippen LogP contribution >= 0.6 is 54.5 Å². The third-order valence-corrected chi connectivity index (χ3v) is 7.78. The molecule has 0 aliphatic rings. The van der Waals surface area contributed by atoms with Gasteiger partial charge in [0.15, 0.2) is 17.3 Å². The van der Waals surface area contributed by atoms with Crippen molar-refractivity contribution < 1.29 is 9.47 Å². The standard InChI is InChI=1S/C29H20Br2IN3O3/c1-37-26-14-18(13-24(32)27(26)38-17-20-11-12-21(30)15-23(20)31)16-33-35-28(19-7-3-2-4-8-19)34-25-10-6-5-9-22(25)29(35)36/h2-16H,17H2,1H3. The van der Waals surface area contributed by atoms with E-state index in [1.54, 1.807) is 19.4 Å². The summed E-state index contributed by atoms with van der Waals surface area (Å²) in [5, 5.41) is 5.07. The monoisotopic (exact) mass is 743 g/mol. The lowest BCUT2D eigenvalue weighted by Gasteiger charge is -2.14. The van der Waals surface area contributed by atoms with Gasteiger partial charge in [-0.1, -0.05) is 80.4 Å². The second-order valence-corrected chi connectivity index (χ2v) is 11.2. The van der Waals surface area contributed by atoms with E-state index in [9.17, 15) is 4.79 Å². The third kappa shape index (κ3) is 5.69. The Bertz CT molecular complexity index is 1720. The van der Waals surface area contributed by atoms with Crippen molar-refractivity contribution >= 4 is 71.6 Å². The average Bonchev–Trinajstić information content (AvgIpc) is 2.93. The summed E-state index contributed by atoms with van der Waals surface area (Å²) < 4.78 is 15.9. The number of rotatable bonds is 7. The Balaban J connectivity index is 1.51. The summed E-state index contributed by atoms with van der Waals surface area (Å²) in [6, 6.07) is 26.5. The Morgan fingerprint density at radius 3 is 2.53 bits per heavy atom. The van der Waals surface area contributed by atoms with E-state index >= 15 is 0 Å². The molecule has 0 bridgehead atoms. The lowest BCUT2D eigenvalue weighted by molar-refractivity contribution is 0.281. The van der Waals surface area contributed by atoms with E-state index in [2.05, 4.69) is 59.6 Å². The molecule has 5 rings (SSSR count). The molecule has 0 saturated carbocycles. The molecule has 5 aromatic rings. The fourth-order valence-electron chi connectivity index (χ4n) is 3.87. The number of benzene rings is 4. The van der Waals surface area contributed by atoms with Gasteiger partial charge in [0, 0.05) is 20.1 Å². The predicted octanol–water partition coefficient (Wildman–Crippen LogP) is 7.66. The maximum Gasteiger partial charge on any atom is 0.282 e. The zero-order chi connectivity index (χ0) is 26.6. The van der Waals surface area contributed by atoms with Gasteiger partial charge in [-0.3, -0.25) is 4.79 Å². The Labute approximate surface area is 249 Å². The van der Waals surface area contributed by atoms with Crippen LogP contribution in [0, 0.1) is 3.57 Å². The van der Waals surface area contributed by atoms with Crippen molar-refractivity contribution in [3.05, 3.63) is 119 Å². The molecule has 190 valence electrons. The van der Waals surface area contributed by atoms with Crippen molar-refractivity contribution in [2.75, 3.05) is 7.11 Å². The first-order valence-electron chi connectivity index (χ1n) is 11.5. The van der Waals surface area contributed by atoms with Crippen LogP contribution in [0.1, 0.15) is 11.1 Å². The van der Waals surface area contributed by atoms with Gasteiger partial charge in [0.1, 0.15) is 6.61 Å². The number of hydrogen-bond donors (Lipinski definition) is 0. The zero-order valence-electron chi connectivity index (χ0n) is 20.1. The number of halogens is 3.